The number of hydrogen-bond acceptors (Lipinski definition) is 4. The van der Waals surface area contributed by atoms with E-state index in [1.54, 1.807) is 0 Å². The van der Waals surface area contributed by atoms with Crippen LogP contribution in [0.15, 0.2) is 11.1 Å². The monoisotopic (exact) mass is 340 g/mol. The molecule has 4 heteroatoms. The number of carbonyl (C=O) groups is 2. The zero-order valence-electron chi connectivity index (χ0n) is 16.8. The maximum atomic E-state index is 12.6. The van der Waals surface area contributed by atoms with E-state index in [4.69, 9.17) is 9.47 Å². The van der Waals surface area contributed by atoms with Crippen molar-refractivity contribution in [3.8, 4) is 0 Å². The lowest BCUT2D eigenvalue weighted by atomic mass is 9.92. The summed E-state index contributed by atoms with van der Waals surface area (Å²) in [5.41, 5.74) is 0.959. The molecule has 0 aromatic rings. The van der Waals surface area contributed by atoms with Crippen LogP contribution in [-0.2, 0) is 19.1 Å². The van der Waals surface area contributed by atoms with Crippen LogP contribution >= 0.6 is 0 Å². The van der Waals surface area contributed by atoms with Crippen molar-refractivity contribution in [2.75, 3.05) is 13.2 Å². The zero-order chi connectivity index (χ0) is 18.9. The number of esters is 2. The van der Waals surface area contributed by atoms with Gasteiger partial charge in [0.25, 0.3) is 0 Å². The molecule has 0 saturated heterocycles. The molecule has 0 N–H and O–H groups in total. The molecule has 0 heterocycles. The Morgan fingerprint density at radius 3 is 1.08 bits per heavy atom. The summed E-state index contributed by atoms with van der Waals surface area (Å²) < 4.78 is 10.8. The summed E-state index contributed by atoms with van der Waals surface area (Å²) in [5, 5.41) is 0. The second kappa shape index (κ2) is 11.3. The van der Waals surface area contributed by atoms with E-state index in [1.807, 2.05) is 55.4 Å². The van der Waals surface area contributed by atoms with Crippen molar-refractivity contribution in [3.05, 3.63) is 11.1 Å². The molecule has 0 atom stereocenters. The van der Waals surface area contributed by atoms with Gasteiger partial charge in [0, 0.05) is 11.1 Å². The van der Waals surface area contributed by atoms with E-state index in [1.165, 1.54) is 0 Å². The van der Waals surface area contributed by atoms with Crippen LogP contribution in [0.3, 0.4) is 0 Å². The van der Waals surface area contributed by atoms with E-state index in [2.05, 4.69) is 0 Å². The molecular formula is C20H36O4. The molecule has 0 saturated carbocycles. The summed E-state index contributed by atoms with van der Waals surface area (Å²) in [6.45, 7) is 16.8. The van der Waals surface area contributed by atoms with Crippen molar-refractivity contribution in [2.45, 2.75) is 68.2 Å². The van der Waals surface area contributed by atoms with E-state index in [-0.39, 0.29) is 35.6 Å². The van der Waals surface area contributed by atoms with Crippen molar-refractivity contribution in [3.63, 3.8) is 0 Å². The fraction of sp³-hybridized carbons (Fsp3) is 0.800. The van der Waals surface area contributed by atoms with Crippen molar-refractivity contribution >= 4 is 11.9 Å². The van der Waals surface area contributed by atoms with Crippen LogP contribution < -0.4 is 0 Å². The molecule has 0 aromatic carbocycles. The van der Waals surface area contributed by atoms with Gasteiger partial charge in [-0.15, -0.1) is 0 Å². The first kappa shape index (κ1) is 22.7. The minimum absolute atomic E-state index is 0.256. The highest BCUT2D eigenvalue weighted by Crippen LogP contribution is 2.24. The minimum atomic E-state index is -0.380. The van der Waals surface area contributed by atoms with Gasteiger partial charge in [-0.2, -0.15) is 0 Å². The molecule has 0 radical (unpaired) electrons. The topological polar surface area (TPSA) is 52.6 Å². The van der Waals surface area contributed by atoms with Crippen molar-refractivity contribution in [1.82, 2.24) is 0 Å². The molecule has 0 rings (SSSR count). The maximum absolute atomic E-state index is 12.6. The maximum Gasteiger partial charge on any atom is 0.334 e. The Labute approximate surface area is 148 Å². The van der Waals surface area contributed by atoms with Gasteiger partial charge < -0.3 is 9.47 Å². The molecule has 0 aliphatic heterocycles. The average molecular weight is 341 g/mol. The second-order valence-corrected chi connectivity index (χ2v) is 8.14. The lowest BCUT2D eigenvalue weighted by molar-refractivity contribution is -0.143. The summed E-state index contributed by atoms with van der Waals surface area (Å²) in [7, 11) is 0. The largest absolute Gasteiger partial charge is 0.462 e. The summed E-state index contributed by atoms with van der Waals surface area (Å²) >= 11 is 0. The van der Waals surface area contributed by atoms with Gasteiger partial charge in [-0.3, -0.25) is 0 Å². The first-order valence-electron chi connectivity index (χ1n) is 9.10. The van der Waals surface area contributed by atoms with Crippen LogP contribution in [0.1, 0.15) is 68.2 Å². The molecule has 0 unspecified atom stereocenters. The summed E-state index contributed by atoms with van der Waals surface area (Å²) in [5.74, 6) is 0.272. The Morgan fingerprint density at radius 1 is 0.583 bits per heavy atom. The van der Waals surface area contributed by atoms with Gasteiger partial charge in [0.05, 0.1) is 13.2 Å². The fourth-order valence-electron chi connectivity index (χ4n) is 2.13. The van der Waals surface area contributed by atoms with Crippen LogP contribution in [0.5, 0.6) is 0 Å². The Kier molecular flexibility index (Phi) is 10.7. The Balaban J connectivity index is 5.58. The Hall–Kier alpha value is -1.32. The van der Waals surface area contributed by atoms with Gasteiger partial charge in [0.15, 0.2) is 0 Å². The molecule has 0 amide bonds. The van der Waals surface area contributed by atoms with Crippen molar-refractivity contribution in [2.24, 2.45) is 23.7 Å². The molecule has 24 heavy (non-hydrogen) atoms. The summed E-state index contributed by atoms with van der Waals surface area (Å²) in [4.78, 5) is 25.1. The van der Waals surface area contributed by atoms with Gasteiger partial charge in [0.2, 0.25) is 0 Å². The molecule has 0 aliphatic rings. The Morgan fingerprint density at radius 2 is 0.875 bits per heavy atom. The number of ether oxygens (including phenoxy) is 2. The molecule has 0 aliphatic carbocycles. The predicted molar refractivity (Wildman–Crippen MR) is 97.5 cm³/mol. The highest BCUT2D eigenvalue weighted by Gasteiger charge is 2.25. The van der Waals surface area contributed by atoms with Gasteiger partial charge in [-0.25, -0.2) is 9.59 Å². The predicted octanol–water partition coefficient (Wildman–Crippen LogP) is 4.77. The van der Waals surface area contributed by atoms with E-state index in [9.17, 15) is 9.59 Å². The number of carbonyl (C=O) groups excluding carboxylic acids is 2. The van der Waals surface area contributed by atoms with Crippen LogP contribution in [0.4, 0.5) is 0 Å². The van der Waals surface area contributed by atoms with Crippen LogP contribution in [0.2, 0.25) is 0 Å². The van der Waals surface area contributed by atoms with Crippen LogP contribution in [0.25, 0.3) is 0 Å². The normalized spacial score (nSPS) is 12.8. The molecular weight excluding hydrogens is 304 g/mol. The van der Waals surface area contributed by atoms with Crippen LogP contribution in [-0.4, -0.2) is 25.2 Å². The third-order valence-electron chi connectivity index (χ3n) is 3.18. The average Bonchev–Trinajstić information content (AvgIpc) is 2.45. The molecule has 140 valence electrons. The molecule has 0 spiro atoms. The van der Waals surface area contributed by atoms with Gasteiger partial charge in [0.1, 0.15) is 0 Å². The number of rotatable bonds is 10. The quantitative estimate of drug-likeness (QED) is 0.424. The Bertz CT molecular complexity index is 391. The summed E-state index contributed by atoms with van der Waals surface area (Å²) in [6, 6.07) is 0. The third kappa shape index (κ3) is 9.74. The number of hydrogen-bond donors (Lipinski definition) is 0. The van der Waals surface area contributed by atoms with E-state index >= 15 is 0 Å². The standard InChI is InChI=1S/C20H36O4/c1-13(2)9-17(19(21)23-11-15(5)6)18(10-14(3)4)20(22)24-12-16(7)8/h13-16H,9-12H2,1-8H3/b18-17-. The lowest BCUT2D eigenvalue weighted by Crippen LogP contribution is -2.21. The first-order chi connectivity index (χ1) is 11.0. The van der Waals surface area contributed by atoms with Crippen molar-refractivity contribution in [1.29, 1.82) is 0 Å². The van der Waals surface area contributed by atoms with E-state index in [0.717, 1.165) is 0 Å². The minimum Gasteiger partial charge on any atom is -0.462 e. The molecule has 0 aromatic heterocycles. The van der Waals surface area contributed by atoms with Gasteiger partial charge in [-0.1, -0.05) is 55.4 Å². The van der Waals surface area contributed by atoms with Gasteiger partial charge >= 0.3 is 11.9 Å². The van der Waals surface area contributed by atoms with Gasteiger partial charge in [-0.05, 0) is 36.5 Å². The molecule has 0 fully saturated rings. The third-order valence-corrected chi connectivity index (χ3v) is 3.18. The lowest BCUT2D eigenvalue weighted by Gasteiger charge is -2.18. The highest BCUT2D eigenvalue weighted by atomic mass is 16.5. The van der Waals surface area contributed by atoms with E-state index < -0.39 is 0 Å². The van der Waals surface area contributed by atoms with Crippen LogP contribution in [0, 0.1) is 23.7 Å². The smallest absolute Gasteiger partial charge is 0.334 e. The molecule has 4 nitrogen and oxygen atoms in total. The van der Waals surface area contributed by atoms with E-state index in [0.29, 0.717) is 37.2 Å². The second-order valence-electron chi connectivity index (χ2n) is 8.14. The first-order valence-corrected chi connectivity index (χ1v) is 9.10. The SMILES string of the molecule is CC(C)COC(=O)/C(CC(C)C)=C(/CC(C)C)C(=O)OCC(C)C. The van der Waals surface area contributed by atoms with Crippen molar-refractivity contribution < 1.29 is 19.1 Å². The highest BCUT2D eigenvalue weighted by molar-refractivity contribution is 6.00. The fourth-order valence-corrected chi connectivity index (χ4v) is 2.13. The summed E-state index contributed by atoms with van der Waals surface area (Å²) in [6.07, 6.45) is 1.05. The molecule has 0 bridgehead atoms. The zero-order valence-corrected chi connectivity index (χ0v) is 16.8.